The van der Waals surface area contributed by atoms with Gasteiger partial charge in [-0.15, -0.1) is 0 Å². The molecule has 4 aromatic rings. The van der Waals surface area contributed by atoms with Gasteiger partial charge in [-0.05, 0) is 73.6 Å². The summed E-state index contributed by atoms with van der Waals surface area (Å²) in [5.74, 6) is 0.652. The molecular weight excluding hydrogens is 546 g/mol. The fourth-order valence-corrected chi connectivity index (χ4v) is 5.99. The number of benzene rings is 2. The fourth-order valence-electron chi connectivity index (χ4n) is 5.01. The minimum absolute atomic E-state index is 0.0251. The Morgan fingerprint density at radius 3 is 2.66 bits per heavy atom. The highest BCUT2D eigenvalue weighted by Crippen LogP contribution is 2.32. The number of aryl methyl sites for hydroxylation is 1. The number of pyridine rings is 1. The number of aromatic nitrogens is 2. The average Bonchev–Trinajstić information content (AvgIpc) is 3.40. The molecular formula is C29H31N5O6S. The van der Waals surface area contributed by atoms with Crippen molar-refractivity contribution >= 4 is 38.3 Å². The van der Waals surface area contributed by atoms with Crippen LogP contribution in [0.15, 0.2) is 65.8 Å². The normalized spacial score (nSPS) is 17.2. The molecule has 214 valence electrons. The molecule has 1 aliphatic carbocycles. The van der Waals surface area contributed by atoms with Crippen molar-refractivity contribution in [1.29, 1.82) is 0 Å². The lowest BCUT2D eigenvalue weighted by atomic mass is 9.83. The van der Waals surface area contributed by atoms with Crippen LogP contribution in [0.4, 0.5) is 11.4 Å². The van der Waals surface area contributed by atoms with Crippen LogP contribution >= 0.6 is 0 Å². The third-order valence-electron chi connectivity index (χ3n) is 7.40. The summed E-state index contributed by atoms with van der Waals surface area (Å²) in [4.78, 5) is 31.2. The number of hydrogen-bond acceptors (Lipinski definition) is 8. The number of ether oxygens (including phenoxy) is 1. The molecule has 0 bridgehead atoms. The maximum atomic E-state index is 13.2. The Balaban J connectivity index is 1.34. The summed E-state index contributed by atoms with van der Waals surface area (Å²) in [6, 6.07) is 11.9. The van der Waals surface area contributed by atoms with E-state index in [2.05, 4.69) is 22.2 Å². The van der Waals surface area contributed by atoms with Crippen LogP contribution in [0.1, 0.15) is 48.5 Å². The Hall–Kier alpha value is -4.45. The smallest absolute Gasteiger partial charge is 0.293 e. The van der Waals surface area contributed by atoms with Gasteiger partial charge in [0.2, 0.25) is 0 Å². The zero-order chi connectivity index (χ0) is 29.1. The van der Waals surface area contributed by atoms with E-state index in [9.17, 15) is 23.3 Å². The maximum Gasteiger partial charge on any atom is 0.293 e. The van der Waals surface area contributed by atoms with Gasteiger partial charge in [-0.3, -0.25) is 14.9 Å². The van der Waals surface area contributed by atoms with Crippen molar-refractivity contribution in [2.24, 2.45) is 11.8 Å². The van der Waals surface area contributed by atoms with E-state index in [1.807, 2.05) is 17.7 Å². The van der Waals surface area contributed by atoms with Crippen LogP contribution in [0.3, 0.4) is 0 Å². The van der Waals surface area contributed by atoms with Crippen molar-refractivity contribution in [2.75, 3.05) is 11.9 Å². The van der Waals surface area contributed by atoms with Crippen molar-refractivity contribution in [1.82, 2.24) is 14.7 Å². The minimum Gasteiger partial charge on any atom is -0.455 e. The summed E-state index contributed by atoms with van der Waals surface area (Å²) < 4.78 is 34.3. The molecule has 0 saturated heterocycles. The van der Waals surface area contributed by atoms with Gasteiger partial charge in [-0.2, -0.15) is 0 Å². The molecule has 3 N–H and O–H groups in total. The molecule has 2 heterocycles. The van der Waals surface area contributed by atoms with Crippen LogP contribution in [0.25, 0.3) is 11.0 Å². The lowest BCUT2D eigenvalue weighted by Crippen LogP contribution is -2.31. The quantitative estimate of drug-likeness (QED) is 0.163. The number of nitro groups is 1. The average molecular weight is 578 g/mol. The van der Waals surface area contributed by atoms with Crippen LogP contribution in [-0.4, -0.2) is 35.8 Å². The van der Waals surface area contributed by atoms with Crippen molar-refractivity contribution in [3.63, 3.8) is 0 Å². The summed E-state index contributed by atoms with van der Waals surface area (Å²) in [5, 5.41) is 15.7. The number of amides is 1. The van der Waals surface area contributed by atoms with Crippen LogP contribution in [0, 0.1) is 28.9 Å². The summed E-state index contributed by atoms with van der Waals surface area (Å²) in [7, 11) is -4.45. The monoisotopic (exact) mass is 577 g/mol. The number of carbonyl (C=O) groups is 1. The zero-order valence-corrected chi connectivity index (χ0v) is 23.5. The topological polar surface area (TPSA) is 156 Å². The first kappa shape index (κ1) is 28.1. The number of nitrogens with one attached hydrogen (secondary N) is 3. The van der Waals surface area contributed by atoms with Gasteiger partial charge in [0, 0.05) is 24.2 Å². The zero-order valence-electron chi connectivity index (χ0n) is 22.7. The SMILES string of the molecule is Cc1ccc(C(=O)NS(=O)(=O)c2ccc(NCC3CCC(C)CC3)c([N+](=O)[O-])c2)c(Oc2cnc3[nH]ccc3c2)c1. The number of aromatic amines is 1. The van der Waals surface area contributed by atoms with E-state index in [-0.39, 0.29) is 22.7 Å². The number of nitrogens with zero attached hydrogens (tertiary/aromatic N) is 2. The summed E-state index contributed by atoms with van der Waals surface area (Å²) in [6.45, 7) is 4.60. The molecule has 0 aliphatic heterocycles. The predicted molar refractivity (Wildman–Crippen MR) is 155 cm³/mol. The number of nitro benzene ring substituents is 1. The van der Waals surface area contributed by atoms with Crippen molar-refractivity contribution in [3.05, 3.63) is 82.2 Å². The van der Waals surface area contributed by atoms with E-state index in [1.165, 1.54) is 24.4 Å². The molecule has 12 heteroatoms. The molecule has 1 amide bonds. The van der Waals surface area contributed by atoms with Gasteiger partial charge in [-0.1, -0.05) is 25.8 Å². The molecule has 2 aromatic carbocycles. The van der Waals surface area contributed by atoms with Crippen molar-refractivity contribution in [3.8, 4) is 11.5 Å². The number of carbonyl (C=O) groups excluding carboxylic acids is 1. The third-order valence-corrected chi connectivity index (χ3v) is 8.73. The standard InChI is InChI=1S/C29H31N5O6S/c1-18-3-6-20(7-4-18)16-31-25-10-8-23(15-26(25)34(36)37)41(38,39)33-29(35)24-9-5-19(2)13-27(24)40-22-14-21-11-12-30-28(21)32-17-22/h5,8-15,17-18,20,31H,3-4,6-7,16H2,1-2H3,(H,30,32)(H,33,35). The highest BCUT2D eigenvalue weighted by Gasteiger charge is 2.26. The second kappa shape index (κ2) is 11.6. The second-order valence-corrected chi connectivity index (χ2v) is 12.2. The number of fused-ring (bicyclic) bond motifs is 1. The van der Waals surface area contributed by atoms with Gasteiger partial charge in [0.25, 0.3) is 21.6 Å². The van der Waals surface area contributed by atoms with E-state index >= 15 is 0 Å². The Kier molecular flexibility index (Phi) is 7.93. The number of anilines is 1. The first-order chi connectivity index (χ1) is 19.6. The molecule has 5 rings (SSSR count). The van der Waals surface area contributed by atoms with Gasteiger partial charge in [0.05, 0.1) is 21.6 Å². The molecule has 41 heavy (non-hydrogen) atoms. The molecule has 11 nitrogen and oxygen atoms in total. The van der Waals surface area contributed by atoms with Gasteiger partial charge in [0.15, 0.2) is 0 Å². The van der Waals surface area contributed by atoms with Crippen molar-refractivity contribution < 1.29 is 22.9 Å². The van der Waals surface area contributed by atoms with Crippen LogP contribution in [-0.2, 0) is 10.0 Å². The molecule has 1 saturated carbocycles. The number of hydrogen-bond donors (Lipinski definition) is 3. The van der Waals surface area contributed by atoms with Gasteiger partial charge >= 0.3 is 0 Å². The lowest BCUT2D eigenvalue weighted by molar-refractivity contribution is -0.384. The largest absolute Gasteiger partial charge is 0.455 e. The minimum atomic E-state index is -4.45. The van der Waals surface area contributed by atoms with E-state index in [1.54, 1.807) is 24.4 Å². The molecule has 0 atom stereocenters. The van der Waals surface area contributed by atoms with Gasteiger partial charge < -0.3 is 15.0 Å². The first-order valence-electron chi connectivity index (χ1n) is 13.4. The number of sulfonamides is 1. The lowest BCUT2D eigenvalue weighted by Gasteiger charge is -2.26. The fraction of sp³-hybridized carbons (Fsp3) is 0.310. The number of rotatable bonds is 9. The summed E-state index contributed by atoms with van der Waals surface area (Å²) in [5.41, 5.74) is 1.29. The molecule has 0 spiro atoms. The van der Waals surface area contributed by atoms with E-state index < -0.39 is 25.7 Å². The van der Waals surface area contributed by atoms with Crippen LogP contribution in [0.2, 0.25) is 0 Å². The van der Waals surface area contributed by atoms with Gasteiger partial charge in [0.1, 0.15) is 22.8 Å². The predicted octanol–water partition coefficient (Wildman–Crippen LogP) is 5.93. The molecule has 0 unspecified atom stereocenters. The molecule has 1 fully saturated rings. The first-order valence-corrected chi connectivity index (χ1v) is 14.9. The summed E-state index contributed by atoms with van der Waals surface area (Å²) >= 11 is 0. The highest BCUT2D eigenvalue weighted by molar-refractivity contribution is 7.90. The highest BCUT2D eigenvalue weighted by atomic mass is 32.2. The molecule has 1 aliphatic rings. The van der Waals surface area contributed by atoms with E-state index in [0.29, 0.717) is 29.8 Å². The Bertz CT molecular complexity index is 1710. The Labute approximate surface area is 237 Å². The van der Waals surface area contributed by atoms with Gasteiger partial charge in [-0.25, -0.2) is 18.1 Å². The Morgan fingerprint density at radius 2 is 1.90 bits per heavy atom. The maximum absolute atomic E-state index is 13.2. The van der Waals surface area contributed by atoms with E-state index in [4.69, 9.17) is 4.74 Å². The molecule has 2 aromatic heterocycles. The second-order valence-electron chi connectivity index (χ2n) is 10.6. The molecule has 0 radical (unpaired) electrons. The summed E-state index contributed by atoms with van der Waals surface area (Å²) in [6.07, 6.45) is 7.56. The number of H-pyrrole nitrogens is 1. The Morgan fingerprint density at radius 1 is 1.12 bits per heavy atom. The van der Waals surface area contributed by atoms with E-state index in [0.717, 1.165) is 42.7 Å². The van der Waals surface area contributed by atoms with Crippen molar-refractivity contribution in [2.45, 2.75) is 44.4 Å². The third kappa shape index (κ3) is 6.49. The van der Waals surface area contributed by atoms with Crippen LogP contribution in [0.5, 0.6) is 11.5 Å². The van der Waals surface area contributed by atoms with Crippen LogP contribution < -0.4 is 14.8 Å².